The summed E-state index contributed by atoms with van der Waals surface area (Å²) in [5.41, 5.74) is 4.10. The third-order valence-corrected chi connectivity index (χ3v) is 3.40. The zero-order valence-corrected chi connectivity index (χ0v) is 11.0. The lowest BCUT2D eigenvalue weighted by Gasteiger charge is -2.20. The van der Waals surface area contributed by atoms with Crippen molar-refractivity contribution >= 4 is 18.1 Å². The molecule has 0 aromatic heterocycles. The molecule has 1 aliphatic carbocycles. The Balaban J connectivity index is 2.17. The minimum Gasteiger partial charge on any atom is -0.449 e. The van der Waals surface area contributed by atoms with Crippen molar-refractivity contribution in [2.75, 3.05) is 0 Å². The van der Waals surface area contributed by atoms with E-state index in [1.54, 1.807) is 0 Å². The summed E-state index contributed by atoms with van der Waals surface area (Å²) in [6.07, 6.45) is 4.90. The largest absolute Gasteiger partial charge is 0.449 e. The number of benzene rings is 2. The summed E-state index contributed by atoms with van der Waals surface area (Å²) in [5.74, 6) is -0.415. The molecule has 2 nitrogen and oxygen atoms in total. The maximum absolute atomic E-state index is 11.7. The van der Waals surface area contributed by atoms with Crippen molar-refractivity contribution in [2.45, 2.75) is 6.10 Å². The fourth-order valence-electron chi connectivity index (χ4n) is 2.44. The van der Waals surface area contributed by atoms with E-state index in [1.165, 1.54) is 6.08 Å². The minimum atomic E-state index is -0.415. The summed E-state index contributed by atoms with van der Waals surface area (Å²) in [5, 5.41) is 0. The lowest BCUT2D eigenvalue weighted by atomic mass is 9.96. The van der Waals surface area contributed by atoms with Crippen molar-refractivity contribution < 1.29 is 9.53 Å². The van der Waals surface area contributed by atoms with Crippen LogP contribution in [-0.2, 0) is 9.53 Å². The van der Waals surface area contributed by atoms with Crippen molar-refractivity contribution in [3.63, 3.8) is 0 Å². The minimum absolute atomic E-state index is 0.400. The van der Waals surface area contributed by atoms with E-state index in [4.69, 9.17) is 4.74 Å². The standard InChI is InChI=1S/C18H14O2/c1-2-17(19)20-18-15-9-5-3-7-13(15)11-12-14-8-4-6-10-16(14)18/h2-12,18H,1H2. The predicted octanol–water partition coefficient (Wildman–Crippen LogP) is 3.99. The van der Waals surface area contributed by atoms with Crippen LogP contribution in [0.1, 0.15) is 28.4 Å². The van der Waals surface area contributed by atoms with Gasteiger partial charge in [-0.2, -0.15) is 0 Å². The summed E-state index contributed by atoms with van der Waals surface area (Å²) in [4.78, 5) is 11.7. The lowest BCUT2D eigenvalue weighted by Crippen LogP contribution is -2.12. The molecule has 20 heavy (non-hydrogen) atoms. The molecular weight excluding hydrogens is 248 g/mol. The van der Waals surface area contributed by atoms with Gasteiger partial charge in [0, 0.05) is 17.2 Å². The van der Waals surface area contributed by atoms with E-state index < -0.39 is 12.1 Å². The van der Waals surface area contributed by atoms with Gasteiger partial charge in [-0.15, -0.1) is 0 Å². The first-order chi connectivity index (χ1) is 9.79. The quantitative estimate of drug-likeness (QED) is 0.604. The van der Waals surface area contributed by atoms with E-state index in [9.17, 15) is 4.79 Å². The SMILES string of the molecule is C=CC(=O)OC1c2ccccc2C=Cc2ccccc21. The molecule has 0 saturated heterocycles. The van der Waals surface area contributed by atoms with Crippen molar-refractivity contribution in [1.29, 1.82) is 0 Å². The molecule has 0 amide bonds. The Hall–Kier alpha value is -2.61. The van der Waals surface area contributed by atoms with Gasteiger partial charge in [-0.1, -0.05) is 67.3 Å². The second-order valence-corrected chi connectivity index (χ2v) is 4.61. The van der Waals surface area contributed by atoms with E-state index >= 15 is 0 Å². The first kappa shape index (κ1) is 12.4. The number of rotatable bonds is 2. The molecule has 0 saturated carbocycles. The van der Waals surface area contributed by atoms with Gasteiger partial charge in [-0.25, -0.2) is 4.79 Å². The van der Waals surface area contributed by atoms with E-state index in [-0.39, 0.29) is 0 Å². The van der Waals surface area contributed by atoms with Crippen LogP contribution < -0.4 is 0 Å². The van der Waals surface area contributed by atoms with Crippen LogP contribution in [0.25, 0.3) is 12.2 Å². The van der Waals surface area contributed by atoms with Gasteiger partial charge in [-0.05, 0) is 11.1 Å². The van der Waals surface area contributed by atoms with Crippen LogP contribution >= 0.6 is 0 Å². The van der Waals surface area contributed by atoms with Gasteiger partial charge < -0.3 is 4.74 Å². The van der Waals surface area contributed by atoms with Crippen LogP contribution in [0, 0.1) is 0 Å². The Morgan fingerprint density at radius 3 is 1.95 bits per heavy atom. The number of fused-ring (bicyclic) bond motifs is 2. The van der Waals surface area contributed by atoms with Gasteiger partial charge in [0.25, 0.3) is 0 Å². The topological polar surface area (TPSA) is 26.3 Å². The summed E-state index contributed by atoms with van der Waals surface area (Å²) in [6.45, 7) is 3.47. The Morgan fingerprint density at radius 2 is 1.45 bits per heavy atom. The maximum atomic E-state index is 11.7. The van der Waals surface area contributed by atoms with E-state index in [2.05, 4.69) is 18.7 Å². The highest BCUT2D eigenvalue weighted by molar-refractivity contribution is 5.83. The zero-order chi connectivity index (χ0) is 13.9. The number of carbonyl (C=O) groups excluding carboxylic acids is 1. The van der Waals surface area contributed by atoms with Crippen molar-refractivity contribution in [2.24, 2.45) is 0 Å². The molecule has 2 heteroatoms. The van der Waals surface area contributed by atoms with Crippen LogP contribution in [0.5, 0.6) is 0 Å². The maximum Gasteiger partial charge on any atom is 0.331 e. The molecule has 0 bridgehead atoms. The average Bonchev–Trinajstić information content (AvgIpc) is 2.65. The molecule has 98 valence electrons. The molecule has 0 heterocycles. The molecule has 0 N–H and O–H groups in total. The van der Waals surface area contributed by atoms with Gasteiger partial charge >= 0.3 is 5.97 Å². The van der Waals surface area contributed by atoms with Crippen LogP contribution in [0.15, 0.2) is 61.2 Å². The highest BCUT2D eigenvalue weighted by Crippen LogP contribution is 2.35. The van der Waals surface area contributed by atoms with E-state index in [1.807, 2.05) is 48.5 Å². The molecule has 0 radical (unpaired) electrons. The third kappa shape index (κ3) is 2.16. The smallest absolute Gasteiger partial charge is 0.331 e. The fourth-order valence-corrected chi connectivity index (χ4v) is 2.44. The van der Waals surface area contributed by atoms with Crippen LogP contribution in [-0.4, -0.2) is 5.97 Å². The van der Waals surface area contributed by atoms with E-state index in [0.29, 0.717) is 0 Å². The third-order valence-electron chi connectivity index (χ3n) is 3.40. The molecule has 2 aromatic carbocycles. The summed E-state index contributed by atoms with van der Waals surface area (Å²) in [7, 11) is 0. The first-order valence-electron chi connectivity index (χ1n) is 6.48. The Labute approximate surface area is 118 Å². The van der Waals surface area contributed by atoms with Gasteiger partial charge in [0.2, 0.25) is 0 Å². The normalized spacial score (nSPS) is 13.0. The molecule has 0 unspecified atom stereocenters. The Bertz CT molecular complexity index is 649. The molecular formula is C18H14O2. The van der Waals surface area contributed by atoms with Crippen molar-refractivity contribution in [1.82, 2.24) is 0 Å². The summed E-state index contributed by atoms with van der Waals surface area (Å²) < 4.78 is 5.58. The summed E-state index contributed by atoms with van der Waals surface area (Å²) >= 11 is 0. The molecule has 3 rings (SSSR count). The van der Waals surface area contributed by atoms with Crippen LogP contribution in [0.4, 0.5) is 0 Å². The lowest BCUT2D eigenvalue weighted by molar-refractivity contribution is -0.141. The van der Waals surface area contributed by atoms with E-state index in [0.717, 1.165) is 22.3 Å². The first-order valence-corrected chi connectivity index (χ1v) is 6.48. The number of ether oxygens (including phenoxy) is 1. The fraction of sp³-hybridized carbons (Fsp3) is 0.0556. The van der Waals surface area contributed by atoms with Crippen molar-refractivity contribution in [3.8, 4) is 0 Å². The Kier molecular flexibility index (Phi) is 3.21. The number of carbonyl (C=O) groups is 1. The number of hydrogen-bond donors (Lipinski definition) is 0. The van der Waals surface area contributed by atoms with Gasteiger partial charge in [0.1, 0.15) is 0 Å². The van der Waals surface area contributed by atoms with Crippen LogP contribution in [0.3, 0.4) is 0 Å². The molecule has 0 aliphatic heterocycles. The molecule has 0 fully saturated rings. The van der Waals surface area contributed by atoms with Gasteiger partial charge in [0.05, 0.1) is 0 Å². The second-order valence-electron chi connectivity index (χ2n) is 4.61. The van der Waals surface area contributed by atoms with Gasteiger partial charge in [0.15, 0.2) is 6.10 Å². The van der Waals surface area contributed by atoms with Crippen molar-refractivity contribution in [3.05, 3.63) is 83.4 Å². The zero-order valence-electron chi connectivity index (χ0n) is 11.0. The monoisotopic (exact) mass is 262 g/mol. The van der Waals surface area contributed by atoms with Gasteiger partial charge in [-0.3, -0.25) is 0 Å². The highest BCUT2D eigenvalue weighted by atomic mass is 16.5. The average molecular weight is 262 g/mol. The molecule has 0 atom stereocenters. The molecule has 1 aliphatic rings. The molecule has 0 spiro atoms. The predicted molar refractivity (Wildman–Crippen MR) is 79.9 cm³/mol. The highest BCUT2D eigenvalue weighted by Gasteiger charge is 2.23. The summed E-state index contributed by atoms with van der Waals surface area (Å²) in [6, 6.07) is 15.9. The number of esters is 1. The number of hydrogen-bond acceptors (Lipinski definition) is 2. The second kappa shape index (κ2) is 5.17. The van der Waals surface area contributed by atoms with Crippen LogP contribution in [0.2, 0.25) is 0 Å². The molecule has 2 aromatic rings. The Morgan fingerprint density at radius 1 is 0.950 bits per heavy atom.